The average Bonchev–Trinajstić information content (AvgIpc) is 2.67. The fourth-order valence-electron chi connectivity index (χ4n) is 3.22. The van der Waals surface area contributed by atoms with E-state index in [2.05, 4.69) is 0 Å². The van der Waals surface area contributed by atoms with Crippen molar-refractivity contribution in [3.8, 4) is 0 Å². The third-order valence-electron chi connectivity index (χ3n) is 4.61. The Morgan fingerprint density at radius 1 is 0.931 bits per heavy atom. The quantitative estimate of drug-likeness (QED) is 0.633. The van der Waals surface area contributed by atoms with E-state index in [0.717, 1.165) is 0 Å². The first-order chi connectivity index (χ1) is 13.6. The second kappa shape index (κ2) is 8.24. The van der Waals surface area contributed by atoms with Gasteiger partial charge in [0, 0.05) is 36.4 Å². The van der Waals surface area contributed by atoms with Gasteiger partial charge in [0.05, 0.1) is 0 Å². The minimum atomic E-state index is -3.41. The first kappa shape index (κ1) is 22.1. The molecule has 1 heterocycles. The number of hydrogen-bond acceptors (Lipinski definition) is 4. The number of hydrogen-bond donors (Lipinski definition) is 0. The highest BCUT2D eigenvalue weighted by atomic mass is 35.7. The highest BCUT2D eigenvalue weighted by Gasteiger charge is 2.48. The molecular weight excluding hydrogens is 424 g/mol. The van der Waals surface area contributed by atoms with Crippen molar-refractivity contribution in [3.05, 3.63) is 72.2 Å². The summed E-state index contributed by atoms with van der Waals surface area (Å²) in [5.74, 6) is -0.284. The smallest absolute Gasteiger partial charge is 0.265 e. The Labute approximate surface area is 178 Å². The summed E-state index contributed by atoms with van der Waals surface area (Å²) in [6.07, 6.45) is 1.67. The lowest BCUT2D eigenvalue weighted by Crippen LogP contribution is -2.49. The van der Waals surface area contributed by atoms with E-state index in [4.69, 9.17) is 11.2 Å². The third kappa shape index (κ3) is 4.02. The first-order valence-corrected chi connectivity index (χ1v) is 13.1. The van der Waals surface area contributed by atoms with E-state index in [1.807, 2.05) is 101 Å². The highest BCUT2D eigenvalue weighted by Crippen LogP contribution is 2.62. The predicted octanol–water partition coefficient (Wildman–Crippen LogP) is 4.73. The molecule has 1 atom stereocenters. The molecule has 0 fully saturated rings. The van der Waals surface area contributed by atoms with Crippen LogP contribution in [0.3, 0.4) is 0 Å². The van der Waals surface area contributed by atoms with Crippen LogP contribution in [0.1, 0.15) is 20.8 Å². The van der Waals surface area contributed by atoms with Crippen molar-refractivity contribution in [1.29, 1.82) is 0 Å². The van der Waals surface area contributed by atoms with Crippen LogP contribution in [0, 0.1) is 0 Å². The van der Waals surface area contributed by atoms with Gasteiger partial charge in [-0.05, 0) is 32.0 Å². The molecular formula is C21H26ClN3O2P2. The molecule has 2 aromatic rings. The van der Waals surface area contributed by atoms with Crippen LogP contribution in [-0.4, -0.2) is 40.0 Å². The number of rotatable bonds is 4. The number of amides is 1. The monoisotopic (exact) mass is 449 g/mol. The van der Waals surface area contributed by atoms with E-state index in [1.54, 1.807) is 15.6 Å². The van der Waals surface area contributed by atoms with Crippen molar-refractivity contribution >= 4 is 42.5 Å². The Hall–Kier alpha value is -1.64. The lowest BCUT2D eigenvalue weighted by Gasteiger charge is -2.47. The number of nitrogens with zero attached hydrogens (tertiary/aromatic N) is 3. The molecule has 5 nitrogen and oxygen atoms in total. The van der Waals surface area contributed by atoms with Crippen molar-refractivity contribution in [1.82, 2.24) is 14.5 Å². The Morgan fingerprint density at radius 3 is 1.76 bits per heavy atom. The second-order valence-corrected chi connectivity index (χ2v) is 12.9. The summed E-state index contributed by atoms with van der Waals surface area (Å²) in [6, 6.07) is 18.4. The van der Waals surface area contributed by atoms with Crippen LogP contribution in [0.5, 0.6) is 0 Å². The minimum absolute atomic E-state index is 0.262. The maximum atomic E-state index is 14.7. The van der Waals surface area contributed by atoms with Gasteiger partial charge in [-0.2, -0.15) is 0 Å². The van der Waals surface area contributed by atoms with Gasteiger partial charge in [-0.15, -0.1) is 0 Å². The molecule has 1 amide bonds. The van der Waals surface area contributed by atoms with E-state index in [9.17, 15) is 9.36 Å². The molecule has 0 radical (unpaired) electrons. The number of halogens is 1. The number of carbonyl (C=O) groups excluding carboxylic acids is 1. The second-order valence-electron chi connectivity index (χ2n) is 7.99. The SMILES string of the molecule is CN(C)N1C=C(P(=O)(c2ccccc2)c2ccccc2)C(=O)N(C(C)(C)C)P1Cl. The van der Waals surface area contributed by atoms with Gasteiger partial charge in [0.15, 0.2) is 7.14 Å². The van der Waals surface area contributed by atoms with Crippen LogP contribution >= 0.6 is 26.0 Å². The lowest BCUT2D eigenvalue weighted by molar-refractivity contribution is -0.125. The van der Waals surface area contributed by atoms with Crippen LogP contribution in [0.25, 0.3) is 0 Å². The van der Waals surface area contributed by atoms with Crippen LogP contribution in [0.2, 0.25) is 0 Å². The molecule has 0 spiro atoms. The zero-order valence-corrected chi connectivity index (χ0v) is 19.8. The lowest BCUT2D eigenvalue weighted by atomic mass is 10.1. The Morgan fingerprint density at radius 2 is 1.38 bits per heavy atom. The summed E-state index contributed by atoms with van der Waals surface area (Å²) in [7, 11) is -1.17. The molecule has 29 heavy (non-hydrogen) atoms. The minimum Gasteiger partial charge on any atom is -0.308 e. The largest absolute Gasteiger partial charge is 0.308 e. The summed E-state index contributed by atoms with van der Waals surface area (Å²) in [4.78, 5) is 13.7. The molecule has 3 rings (SSSR count). The van der Waals surface area contributed by atoms with Crippen LogP contribution < -0.4 is 10.6 Å². The summed E-state index contributed by atoms with van der Waals surface area (Å²) in [5, 5.41) is 3.33. The first-order valence-electron chi connectivity index (χ1n) is 9.29. The number of hydrazine groups is 1. The molecule has 0 bridgehead atoms. The summed E-state index contributed by atoms with van der Waals surface area (Å²) in [5.41, 5.74) is -0.531. The number of benzene rings is 2. The Balaban J connectivity index is 2.31. The fourth-order valence-corrected chi connectivity index (χ4v) is 8.94. The molecule has 1 unspecified atom stereocenters. The fraction of sp³-hybridized carbons (Fsp3) is 0.286. The summed E-state index contributed by atoms with van der Waals surface area (Å²) < 4.78 is 18.2. The zero-order valence-electron chi connectivity index (χ0n) is 17.3. The molecule has 8 heteroatoms. The van der Waals surface area contributed by atoms with Gasteiger partial charge in [-0.25, -0.2) is 5.01 Å². The summed E-state index contributed by atoms with van der Waals surface area (Å²) >= 11 is 6.75. The maximum absolute atomic E-state index is 14.7. The van der Waals surface area contributed by atoms with Crippen molar-refractivity contribution in [2.24, 2.45) is 0 Å². The van der Waals surface area contributed by atoms with Gasteiger partial charge in [0.25, 0.3) is 5.91 Å². The van der Waals surface area contributed by atoms with E-state index < -0.39 is 20.3 Å². The average molecular weight is 450 g/mol. The molecule has 154 valence electrons. The third-order valence-corrected chi connectivity index (χ3v) is 10.5. The van der Waals surface area contributed by atoms with Gasteiger partial charge in [-0.3, -0.25) is 14.2 Å². The molecule has 1 aliphatic rings. The molecule has 0 N–H and O–H groups in total. The van der Waals surface area contributed by atoms with Gasteiger partial charge in [0.1, 0.15) is 5.31 Å². The van der Waals surface area contributed by atoms with Crippen LogP contribution in [0.4, 0.5) is 0 Å². The zero-order chi connectivity index (χ0) is 21.4. The van der Waals surface area contributed by atoms with Gasteiger partial charge in [0.2, 0.25) is 7.58 Å². The van der Waals surface area contributed by atoms with E-state index in [1.165, 1.54) is 0 Å². The van der Waals surface area contributed by atoms with Crippen molar-refractivity contribution in [3.63, 3.8) is 0 Å². The van der Waals surface area contributed by atoms with Gasteiger partial charge < -0.3 is 4.57 Å². The van der Waals surface area contributed by atoms with Gasteiger partial charge >= 0.3 is 0 Å². The van der Waals surface area contributed by atoms with Crippen molar-refractivity contribution < 1.29 is 9.36 Å². The summed E-state index contributed by atoms with van der Waals surface area (Å²) in [6.45, 7) is 5.82. The van der Waals surface area contributed by atoms with Gasteiger partial charge in [-0.1, -0.05) is 60.7 Å². The van der Waals surface area contributed by atoms with Crippen molar-refractivity contribution in [2.75, 3.05) is 14.1 Å². The van der Waals surface area contributed by atoms with Crippen LogP contribution in [-0.2, 0) is 9.36 Å². The molecule has 0 saturated heterocycles. The topological polar surface area (TPSA) is 43.9 Å². The van der Waals surface area contributed by atoms with E-state index >= 15 is 0 Å². The Kier molecular flexibility index (Phi) is 6.27. The Bertz CT molecular complexity index is 915. The molecule has 0 aliphatic carbocycles. The normalized spacial score (nSPS) is 18.2. The van der Waals surface area contributed by atoms with Crippen LogP contribution in [0.15, 0.2) is 72.2 Å². The number of carbonyl (C=O) groups is 1. The molecule has 1 aliphatic heterocycles. The molecule has 2 aromatic carbocycles. The molecule has 0 aromatic heterocycles. The highest BCUT2D eigenvalue weighted by molar-refractivity contribution is 7.84. The van der Waals surface area contributed by atoms with E-state index in [-0.39, 0.29) is 11.2 Å². The van der Waals surface area contributed by atoms with Crippen molar-refractivity contribution in [2.45, 2.75) is 26.3 Å². The van der Waals surface area contributed by atoms with E-state index in [0.29, 0.717) is 10.6 Å². The predicted molar refractivity (Wildman–Crippen MR) is 123 cm³/mol. The standard InChI is InChI=1S/C21H26ClN3O2P2/c1-21(2,3)25-20(26)19(16-24(23(4)5)28(25)22)29(27,17-12-8-6-9-13-17)18-14-10-7-11-15-18/h6-16H,1-5H3. The maximum Gasteiger partial charge on any atom is 0.265 e. The molecule has 0 saturated carbocycles.